The smallest absolute Gasteiger partial charge is 0.550 e. The van der Waals surface area contributed by atoms with Gasteiger partial charge < -0.3 is 24.7 Å². The van der Waals surface area contributed by atoms with Crippen LogP contribution in [0.4, 0.5) is 4.39 Å². The molecule has 162 valence electrons. The Bertz CT molecular complexity index is 1080. The van der Waals surface area contributed by atoms with Crippen LogP contribution in [0, 0.1) is 19.7 Å². The summed E-state index contributed by atoms with van der Waals surface area (Å²) >= 11 is 0. The number of aliphatic carboxylic acids is 1. The first kappa shape index (κ1) is 26.0. The molecule has 0 fully saturated rings. The standard InChI is InChI=1S/C25H26FNO4.Na/c1-16-23(13-12-21(28)14-22(29)15-24(30)31)25(18-8-10-19(26)11-9-18)17(2)27(16)20-6-4-3-5-7-20;/h3-13,21-22,28-29H,14-15H2,1-2H3,(H,30,31);/q;+1/p-1/b13-12+;/t21-,22-;/m1./s1. The minimum Gasteiger partial charge on any atom is -0.550 e. The van der Waals surface area contributed by atoms with Crippen molar-refractivity contribution in [2.24, 2.45) is 0 Å². The number of halogens is 1. The fourth-order valence-electron chi connectivity index (χ4n) is 3.85. The van der Waals surface area contributed by atoms with Crippen LogP contribution in [0.2, 0.25) is 0 Å². The van der Waals surface area contributed by atoms with Crippen molar-refractivity contribution >= 4 is 12.0 Å². The number of carbonyl (C=O) groups is 1. The summed E-state index contributed by atoms with van der Waals surface area (Å²) in [6.07, 6.45) is 0.412. The third kappa shape index (κ3) is 6.18. The van der Waals surface area contributed by atoms with Gasteiger partial charge in [0.05, 0.1) is 12.2 Å². The Kier molecular flexibility index (Phi) is 9.43. The van der Waals surface area contributed by atoms with Crippen LogP contribution in [0.25, 0.3) is 22.9 Å². The van der Waals surface area contributed by atoms with Crippen LogP contribution in [0.1, 0.15) is 29.8 Å². The second-order valence-electron chi connectivity index (χ2n) is 7.53. The first-order valence-electron chi connectivity index (χ1n) is 10.1. The van der Waals surface area contributed by atoms with Crippen LogP contribution in [0.3, 0.4) is 0 Å². The molecule has 5 nitrogen and oxygen atoms in total. The van der Waals surface area contributed by atoms with E-state index < -0.39 is 24.6 Å². The Hall–Kier alpha value is -2.22. The van der Waals surface area contributed by atoms with E-state index in [0.29, 0.717) is 0 Å². The van der Waals surface area contributed by atoms with Crippen molar-refractivity contribution in [2.45, 2.75) is 38.9 Å². The maximum Gasteiger partial charge on any atom is 1.00 e. The Morgan fingerprint density at radius 2 is 1.69 bits per heavy atom. The Labute approximate surface area is 209 Å². The summed E-state index contributed by atoms with van der Waals surface area (Å²) in [5, 5.41) is 30.6. The molecule has 0 unspecified atom stereocenters. The fourth-order valence-corrected chi connectivity index (χ4v) is 3.85. The van der Waals surface area contributed by atoms with Crippen molar-refractivity contribution in [3.63, 3.8) is 0 Å². The fraction of sp³-hybridized carbons (Fsp3) is 0.240. The summed E-state index contributed by atoms with van der Waals surface area (Å²) in [4.78, 5) is 10.6. The van der Waals surface area contributed by atoms with Crippen molar-refractivity contribution in [1.29, 1.82) is 0 Å². The maximum atomic E-state index is 13.5. The van der Waals surface area contributed by atoms with Gasteiger partial charge in [-0.1, -0.05) is 42.5 Å². The predicted molar refractivity (Wildman–Crippen MR) is 116 cm³/mol. The molecule has 0 aliphatic rings. The second kappa shape index (κ2) is 11.6. The number of benzene rings is 2. The molecule has 2 N–H and O–H groups in total. The molecule has 0 radical (unpaired) electrons. The monoisotopic (exact) mass is 445 g/mol. The molecule has 2 aromatic carbocycles. The molecule has 1 heterocycles. The molecule has 0 aliphatic carbocycles. The van der Waals surface area contributed by atoms with Gasteiger partial charge in [-0.25, -0.2) is 4.39 Å². The van der Waals surface area contributed by atoms with Gasteiger partial charge in [-0.15, -0.1) is 0 Å². The molecule has 1 aromatic heterocycles. The molecule has 0 amide bonds. The summed E-state index contributed by atoms with van der Waals surface area (Å²) in [5.74, 6) is -1.69. The van der Waals surface area contributed by atoms with Gasteiger partial charge in [0.1, 0.15) is 5.82 Å². The van der Waals surface area contributed by atoms with Crippen LogP contribution in [0.15, 0.2) is 60.7 Å². The van der Waals surface area contributed by atoms with Crippen LogP contribution in [0.5, 0.6) is 0 Å². The van der Waals surface area contributed by atoms with Gasteiger partial charge in [0.25, 0.3) is 0 Å². The topological polar surface area (TPSA) is 85.5 Å². The van der Waals surface area contributed by atoms with E-state index >= 15 is 0 Å². The number of carboxylic acid groups (broad SMARTS) is 1. The number of hydrogen-bond donors (Lipinski definition) is 2. The van der Waals surface area contributed by atoms with E-state index in [9.17, 15) is 24.5 Å². The first-order valence-corrected chi connectivity index (χ1v) is 10.1. The summed E-state index contributed by atoms with van der Waals surface area (Å²) in [6.45, 7) is 3.94. The minimum absolute atomic E-state index is 0. The molecule has 0 saturated carbocycles. The third-order valence-corrected chi connectivity index (χ3v) is 5.24. The van der Waals surface area contributed by atoms with Gasteiger partial charge >= 0.3 is 29.6 Å². The zero-order valence-corrected chi connectivity index (χ0v) is 20.5. The van der Waals surface area contributed by atoms with E-state index in [-0.39, 0.29) is 41.8 Å². The van der Waals surface area contributed by atoms with Gasteiger partial charge in [-0.05, 0) is 43.7 Å². The average molecular weight is 445 g/mol. The number of nitrogens with zero attached hydrogens (tertiary/aromatic N) is 1. The van der Waals surface area contributed by atoms with Crippen molar-refractivity contribution < 1.29 is 54.1 Å². The Morgan fingerprint density at radius 3 is 2.28 bits per heavy atom. The molecule has 0 bridgehead atoms. The summed E-state index contributed by atoms with van der Waals surface area (Å²) < 4.78 is 15.6. The second-order valence-corrected chi connectivity index (χ2v) is 7.53. The molecule has 0 spiro atoms. The number of carbonyl (C=O) groups excluding carboxylic acids is 1. The van der Waals surface area contributed by atoms with Gasteiger partial charge in [0.2, 0.25) is 0 Å². The molecular formula is C25H25FNNaO4. The number of carboxylic acids is 1. The molecule has 7 heteroatoms. The molecule has 2 atom stereocenters. The zero-order chi connectivity index (χ0) is 22.5. The molecular weight excluding hydrogens is 420 g/mol. The predicted octanol–water partition coefficient (Wildman–Crippen LogP) is 0.169. The SMILES string of the molecule is Cc1c(/C=C/[C@@H](O)C[C@@H](O)CC(=O)[O-])c(-c2ccc(F)cc2)c(C)n1-c1ccccc1.[Na+]. The van der Waals surface area contributed by atoms with E-state index in [1.807, 2.05) is 44.2 Å². The van der Waals surface area contributed by atoms with Gasteiger partial charge in [0, 0.05) is 47.0 Å². The van der Waals surface area contributed by atoms with E-state index in [1.165, 1.54) is 18.2 Å². The van der Waals surface area contributed by atoms with Crippen molar-refractivity contribution in [1.82, 2.24) is 4.57 Å². The molecule has 0 aliphatic heterocycles. The molecule has 3 rings (SSSR count). The molecule has 32 heavy (non-hydrogen) atoms. The Balaban J connectivity index is 0.00000363. The average Bonchev–Trinajstić information content (AvgIpc) is 2.96. The van der Waals surface area contributed by atoms with Crippen LogP contribution in [-0.4, -0.2) is 33.0 Å². The third-order valence-electron chi connectivity index (χ3n) is 5.24. The normalized spacial score (nSPS) is 13.0. The van der Waals surface area contributed by atoms with Gasteiger partial charge in [-0.3, -0.25) is 0 Å². The van der Waals surface area contributed by atoms with E-state index in [2.05, 4.69) is 4.57 Å². The number of aliphatic hydroxyl groups is 2. The quantitative estimate of drug-likeness (QED) is 0.484. The van der Waals surface area contributed by atoms with Crippen molar-refractivity contribution in [2.75, 3.05) is 0 Å². The van der Waals surface area contributed by atoms with E-state index in [0.717, 1.165) is 33.8 Å². The molecule has 3 aromatic rings. The van der Waals surface area contributed by atoms with Crippen LogP contribution < -0.4 is 34.7 Å². The van der Waals surface area contributed by atoms with Crippen molar-refractivity contribution in [3.05, 3.63) is 83.4 Å². The van der Waals surface area contributed by atoms with E-state index in [4.69, 9.17) is 0 Å². The van der Waals surface area contributed by atoms with Crippen LogP contribution >= 0.6 is 0 Å². The van der Waals surface area contributed by atoms with E-state index in [1.54, 1.807) is 18.2 Å². The maximum absolute atomic E-state index is 13.5. The largest absolute Gasteiger partial charge is 1.00 e. The summed E-state index contributed by atoms with van der Waals surface area (Å²) in [6, 6.07) is 16.1. The van der Waals surface area contributed by atoms with Crippen molar-refractivity contribution in [3.8, 4) is 16.8 Å². The first-order chi connectivity index (χ1) is 14.8. The Morgan fingerprint density at radius 1 is 1.06 bits per heavy atom. The zero-order valence-electron chi connectivity index (χ0n) is 18.5. The summed E-state index contributed by atoms with van der Waals surface area (Å²) in [7, 11) is 0. The number of aliphatic hydroxyl groups excluding tert-OH is 2. The summed E-state index contributed by atoms with van der Waals surface area (Å²) in [5.41, 5.74) is 5.46. The molecule has 0 saturated heterocycles. The number of rotatable bonds is 8. The number of hydrogen-bond acceptors (Lipinski definition) is 4. The number of aromatic nitrogens is 1. The number of para-hydroxylation sites is 1. The van der Waals surface area contributed by atoms with Gasteiger partial charge in [-0.2, -0.15) is 0 Å². The minimum atomic E-state index is -1.37. The van der Waals surface area contributed by atoms with Gasteiger partial charge in [0.15, 0.2) is 0 Å². The van der Waals surface area contributed by atoms with Crippen LogP contribution in [-0.2, 0) is 4.79 Å².